The van der Waals surface area contributed by atoms with Crippen molar-refractivity contribution in [3.63, 3.8) is 0 Å². The number of amides is 1. The summed E-state index contributed by atoms with van der Waals surface area (Å²) in [7, 11) is 1.55. The van der Waals surface area contributed by atoms with Crippen molar-refractivity contribution in [1.82, 2.24) is 19.9 Å². The number of nitrogens with zero attached hydrogens (tertiary/aromatic N) is 4. The average Bonchev–Trinajstić information content (AvgIpc) is 3.62. The smallest absolute Gasteiger partial charge is 0.255 e. The summed E-state index contributed by atoms with van der Waals surface area (Å²) < 4.78 is 11.0. The lowest BCUT2D eigenvalue weighted by Crippen LogP contribution is -2.33. The Bertz CT molecular complexity index is 1200. The van der Waals surface area contributed by atoms with E-state index >= 15 is 0 Å². The summed E-state index contributed by atoms with van der Waals surface area (Å²) in [4.78, 5) is 26.9. The normalized spacial score (nSPS) is 16.4. The van der Waals surface area contributed by atoms with Crippen LogP contribution < -0.4 is 10.1 Å². The summed E-state index contributed by atoms with van der Waals surface area (Å²) in [5, 5.41) is 13.5. The second-order valence-electron chi connectivity index (χ2n) is 8.07. The van der Waals surface area contributed by atoms with Crippen molar-refractivity contribution in [3.05, 3.63) is 41.2 Å². The third kappa shape index (κ3) is 3.85. The van der Waals surface area contributed by atoms with Gasteiger partial charge in [-0.15, -0.1) is 0 Å². The molecule has 0 bridgehead atoms. The highest BCUT2D eigenvalue weighted by atomic mass is 16.5. The largest absolute Gasteiger partial charge is 0.493 e. The van der Waals surface area contributed by atoms with Gasteiger partial charge in [0.2, 0.25) is 0 Å². The second kappa shape index (κ2) is 8.48. The van der Waals surface area contributed by atoms with E-state index in [0.717, 1.165) is 30.2 Å². The Kier molecular flexibility index (Phi) is 5.37. The van der Waals surface area contributed by atoms with Crippen LogP contribution in [-0.4, -0.2) is 59.2 Å². The van der Waals surface area contributed by atoms with Crippen LogP contribution in [0, 0.1) is 11.3 Å². The molecule has 2 fully saturated rings. The summed E-state index contributed by atoms with van der Waals surface area (Å²) in [6, 6.07) is 5.92. The highest BCUT2D eigenvalue weighted by Crippen LogP contribution is 2.44. The topological polar surface area (TPSA) is 116 Å². The van der Waals surface area contributed by atoms with Gasteiger partial charge in [0.15, 0.2) is 11.6 Å². The van der Waals surface area contributed by atoms with Crippen molar-refractivity contribution in [2.24, 2.45) is 0 Å². The molecule has 0 aromatic carbocycles. The van der Waals surface area contributed by atoms with Crippen molar-refractivity contribution in [2.45, 2.75) is 25.2 Å². The highest BCUT2D eigenvalue weighted by Gasteiger charge is 2.28. The standard InChI is InChI=1S/C23H24N6O3/c1-31-18-9-15(23(30)29-5-2-7-32-8-6-29)12-25-21(18)27-19-10-17(14-3-4-14)20-16(11-24)13-26-22(20)28-19/h9-10,12-14H,2-8H2,1H3,(H2,25,26,27,28). The molecule has 1 saturated heterocycles. The first-order valence-corrected chi connectivity index (χ1v) is 10.8. The molecule has 1 aliphatic carbocycles. The Morgan fingerprint density at radius 2 is 2.22 bits per heavy atom. The van der Waals surface area contributed by atoms with Gasteiger partial charge in [0.1, 0.15) is 17.5 Å². The molecule has 1 amide bonds. The number of aromatic nitrogens is 3. The predicted octanol–water partition coefficient (Wildman–Crippen LogP) is 3.32. The number of hydrogen-bond acceptors (Lipinski definition) is 7. The van der Waals surface area contributed by atoms with E-state index in [4.69, 9.17) is 9.47 Å². The molecule has 2 N–H and O–H groups in total. The second-order valence-corrected chi connectivity index (χ2v) is 8.07. The molecule has 3 aromatic heterocycles. The molecule has 4 heterocycles. The molecule has 0 unspecified atom stereocenters. The molecule has 32 heavy (non-hydrogen) atoms. The lowest BCUT2D eigenvalue weighted by Gasteiger charge is -2.20. The summed E-state index contributed by atoms with van der Waals surface area (Å²) in [6.45, 7) is 2.44. The number of methoxy groups -OCH3 is 1. The first-order valence-electron chi connectivity index (χ1n) is 10.8. The maximum atomic E-state index is 12.9. The minimum absolute atomic E-state index is 0.0844. The number of aromatic amines is 1. The van der Waals surface area contributed by atoms with Gasteiger partial charge in [0.05, 0.1) is 24.8 Å². The van der Waals surface area contributed by atoms with Crippen LogP contribution in [0.2, 0.25) is 0 Å². The third-order valence-electron chi connectivity index (χ3n) is 5.89. The van der Waals surface area contributed by atoms with Gasteiger partial charge >= 0.3 is 0 Å². The third-order valence-corrected chi connectivity index (χ3v) is 5.89. The number of fused-ring (bicyclic) bond motifs is 1. The van der Waals surface area contributed by atoms with Crippen molar-refractivity contribution < 1.29 is 14.3 Å². The number of hydrogen-bond donors (Lipinski definition) is 2. The fourth-order valence-corrected chi connectivity index (χ4v) is 4.10. The maximum absolute atomic E-state index is 12.9. The molecule has 5 rings (SSSR count). The summed E-state index contributed by atoms with van der Waals surface area (Å²) in [6.07, 6.45) is 6.28. The van der Waals surface area contributed by atoms with Crippen LogP contribution in [0.5, 0.6) is 5.75 Å². The van der Waals surface area contributed by atoms with E-state index in [9.17, 15) is 10.1 Å². The van der Waals surface area contributed by atoms with Crippen LogP contribution in [0.4, 0.5) is 11.6 Å². The molecular formula is C23H24N6O3. The molecule has 3 aromatic rings. The fourth-order valence-electron chi connectivity index (χ4n) is 4.10. The van der Waals surface area contributed by atoms with E-state index < -0.39 is 0 Å². The van der Waals surface area contributed by atoms with Crippen LogP contribution in [0.3, 0.4) is 0 Å². The SMILES string of the molecule is COc1cc(C(=O)N2CCCOCC2)cnc1Nc1cc(C2CC2)c2c(C#N)c[nH]c2n1. The van der Waals surface area contributed by atoms with Gasteiger partial charge in [-0.3, -0.25) is 4.79 Å². The van der Waals surface area contributed by atoms with Crippen molar-refractivity contribution in [2.75, 3.05) is 38.7 Å². The van der Waals surface area contributed by atoms with Gasteiger partial charge < -0.3 is 24.7 Å². The molecule has 9 heteroatoms. The fraction of sp³-hybridized carbons (Fsp3) is 0.391. The minimum atomic E-state index is -0.0844. The number of rotatable bonds is 5. The maximum Gasteiger partial charge on any atom is 0.255 e. The van der Waals surface area contributed by atoms with E-state index in [2.05, 4.69) is 26.3 Å². The number of carbonyl (C=O) groups excluding carboxylic acids is 1. The van der Waals surface area contributed by atoms with Crippen LogP contribution in [0.25, 0.3) is 11.0 Å². The van der Waals surface area contributed by atoms with Crippen LogP contribution in [0.1, 0.15) is 46.7 Å². The van der Waals surface area contributed by atoms with Gasteiger partial charge in [-0.2, -0.15) is 5.26 Å². The minimum Gasteiger partial charge on any atom is -0.493 e. The van der Waals surface area contributed by atoms with Crippen LogP contribution >= 0.6 is 0 Å². The predicted molar refractivity (Wildman–Crippen MR) is 118 cm³/mol. The molecule has 1 aliphatic heterocycles. The number of pyridine rings is 2. The van der Waals surface area contributed by atoms with E-state index in [-0.39, 0.29) is 5.91 Å². The van der Waals surface area contributed by atoms with Gasteiger partial charge in [0, 0.05) is 37.5 Å². The summed E-state index contributed by atoms with van der Waals surface area (Å²) in [5.74, 6) is 1.90. The first-order chi connectivity index (χ1) is 15.7. The molecule has 2 aliphatic rings. The molecular weight excluding hydrogens is 408 g/mol. The quantitative estimate of drug-likeness (QED) is 0.635. The van der Waals surface area contributed by atoms with Gasteiger partial charge in [-0.25, -0.2) is 9.97 Å². The lowest BCUT2D eigenvalue weighted by atomic mass is 10.1. The number of carbonyl (C=O) groups is 1. The van der Waals surface area contributed by atoms with Gasteiger partial charge in [0.25, 0.3) is 5.91 Å². The van der Waals surface area contributed by atoms with Crippen molar-refractivity contribution in [1.29, 1.82) is 5.26 Å². The molecule has 0 radical (unpaired) electrons. The van der Waals surface area contributed by atoms with Crippen molar-refractivity contribution in [3.8, 4) is 11.8 Å². The molecule has 164 valence electrons. The van der Waals surface area contributed by atoms with E-state index in [1.54, 1.807) is 30.5 Å². The van der Waals surface area contributed by atoms with E-state index in [1.807, 2.05) is 6.07 Å². The zero-order chi connectivity index (χ0) is 22.1. The Balaban J connectivity index is 1.44. The van der Waals surface area contributed by atoms with E-state index in [1.165, 1.54) is 0 Å². The van der Waals surface area contributed by atoms with Crippen LogP contribution in [0.15, 0.2) is 24.5 Å². The Labute approximate surface area is 185 Å². The lowest BCUT2D eigenvalue weighted by molar-refractivity contribution is 0.0740. The zero-order valence-electron chi connectivity index (χ0n) is 17.9. The van der Waals surface area contributed by atoms with Crippen molar-refractivity contribution >= 4 is 28.6 Å². The molecule has 9 nitrogen and oxygen atoms in total. The zero-order valence-corrected chi connectivity index (χ0v) is 17.9. The number of H-pyrrole nitrogens is 1. The Morgan fingerprint density at radius 3 is 3.00 bits per heavy atom. The first kappa shape index (κ1) is 20.3. The number of nitriles is 1. The monoisotopic (exact) mass is 432 g/mol. The van der Waals surface area contributed by atoms with Crippen LogP contribution in [-0.2, 0) is 4.74 Å². The average molecular weight is 432 g/mol. The molecule has 0 atom stereocenters. The number of ether oxygens (including phenoxy) is 2. The number of nitrogens with one attached hydrogen (secondary N) is 2. The Hall–Kier alpha value is -3.64. The summed E-state index contributed by atoms with van der Waals surface area (Å²) in [5.41, 5.74) is 2.87. The Morgan fingerprint density at radius 1 is 1.34 bits per heavy atom. The number of anilines is 2. The molecule has 1 saturated carbocycles. The van der Waals surface area contributed by atoms with Gasteiger partial charge in [-0.1, -0.05) is 0 Å². The molecule has 0 spiro atoms. The van der Waals surface area contributed by atoms with Gasteiger partial charge in [-0.05, 0) is 42.9 Å². The highest BCUT2D eigenvalue weighted by molar-refractivity contribution is 5.95. The summed E-state index contributed by atoms with van der Waals surface area (Å²) >= 11 is 0. The van der Waals surface area contributed by atoms with E-state index in [0.29, 0.717) is 66.4 Å².